The number of hydrogen-bond donors (Lipinski definition) is 2. The number of anilines is 1. The van der Waals surface area contributed by atoms with Crippen LogP contribution in [0.4, 0.5) is 5.95 Å². The third kappa shape index (κ3) is 0.909. The van der Waals surface area contributed by atoms with Crippen molar-refractivity contribution in [2.45, 2.75) is 0 Å². The first-order valence-corrected chi connectivity index (χ1v) is 4.08. The van der Waals surface area contributed by atoms with Crippen LogP contribution in [0.2, 0.25) is 0 Å². The zero-order valence-corrected chi connectivity index (χ0v) is 6.82. The van der Waals surface area contributed by atoms with Crippen molar-refractivity contribution in [2.24, 2.45) is 0 Å². The minimum absolute atomic E-state index is 0.179. The van der Waals surface area contributed by atoms with Crippen molar-refractivity contribution in [1.82, 2.24) is 19.9 Å². The van der Waals surface area contributed by atoms with E-state index in [-0.39, 0.29) is 5.95 Å². The lowest BCUT2D eigenvalue weighted by atomic mass is 10.5. The van der Waals surface area contributed by atoms with E-state index in [4.69, 9.17) is 11.6 Å². The molecule has 2 rings (SSSR count). The highest BCUT2D eigenvalue weighted by Crippen LogP contribution is 2.15. The van der Waals surface area contributed by atoms with Gasteiger partial charge < -0.3 is 11.6 Å². The molecule has 12 heavy (non-hydrogen) atoms. The molecule has 0 aliphatic heterocycles. The van der Waals surface area contributed by atoms with Crippen LogP contribution >= 0.6 is 11.3 Å². The molecule has 0 aromatic carbocycles. The van der Waals surface area contributed by atoms with Crippen LogP contribution in [0.5, 0.6) is 0 Å². The summed E-state index contributed by atoms with van der Waals surface area (Å²) in [6.45, 7) is 0. The van der Waals surface area contributed by atoms with Crippen molar-refractivity contribution in [2.75, 3.05) is 11.6 Å². The van der Waals surface area contributed by atoms with Crippen molar-refractivity contribution in [1.29, 1.82) is 0 Å². The van der Waals surface area contributed by atoms with E-state index in [1.807, 2.05) is 5.38 Å². The maximum atomic E-state index is 5.53. The van der Waals surface area contributed by atoms with Crippen LogP contribution in [0.15, 0.2) is 10.9 Å². The fourth-order valence-corrected chi connectivity index (χ4v) is 1.33. The minimum Gasteiger partial charge on any atom is -0.366 e. The number of thiazole rings is 1. The van der Waals surface area contributed by atoms with Crippen molar-refractivity contribution in [3.05, 3.63) is 10.9 Å². The molecule has 0 radical (unpaired) electrons. The molecule has 2 aromatic rings. The van der Waals surface area contributed by atoms with E-state index < -0.39 is 0 Å². The number of aromatic nitrogens is 4. The first kappa shape index (κ1) is 7.04. The summed E-state index contributed by atoms with van der Waals surface area (Å²) in [5.41, 5.74) is 7.77. The van der Waals surface area contributed by atoms with Gasteiger partial charge in [-0.1, -0.05) is 0 Å². The molecule has 0 saturated heterocycles. The van der Waals surface area contributed by atoms with Crippen molar-refractivity contribution < 1.29 is 0 Å². The SMILES string of the molecule is Nc1nnc(-c2cscn2)n1N. The summed E-state index contributed by atoms with van der Waals surface area (Å²) in [5, 5.41) is 9.19. The average Bonchev–Trinajstić information content (AvgIpc) is 2.64. The maximum Gasteiger partial charge on any atom is 0.241 e. The Balaban J connectivity index is 2.55. The lowest BCUT2D eigenvalue weighted by Crippen LogP contribution is -2.13. The summed E-state index contributed by atoms with van der Waals surface area (Å²) in [6, 6.07) is 0. The van der Waals surface area contributed by atoms with Crippen LogP contribution in [-0.4, -0.2) is 19.9 Å². The molecule has 2 aromatic heterocycles. The van der Waals surface area contributed by atoms with Crippen LogP contribution in [0.3, 0.4) is 0 Å². The Labute approximate surface area is 71.8 Å². The van der Waals surface area contributed by atoms with Gasteiger partial charge in [0.25, 0.3) is 0 Å². The van der Waals surface area contributed by atoms with E-state index >= 15 is 0 Å². The molecule has 0 aliphatic rings. The molecule has 0 atom stereocenters. The molecular weight excluding hydrogens is 176 g/mol. The number of nitrogens with two attached hydrogens (primary N) is 2. The quantitative estimate of drug-likeness (QED) is 0.590. The van der Waals surface area contributed by atoms with Crippen LogP contribution in [0, 0.1) is 0 Å². The Morgan fingerprint density at radius 2 is 2.25 bits per heavy atom. The monoisotopic (exact) mass is 182 g/mol. The number of hydrogen-bond acceptors (Lipinski definition) is 6. The molecule has 0 aliphatic carbocycles. The lowest BCUT2D eigenvalue weighted by Gasteiger charge is -1.95. The first-order valence-electron chi connectivity index (χ1n) is 3.13. The van der Waals surface area contributed by atoms with Crippen molar-refractivity contribution in [3.63, 3.8) is 0 Å². The molecule has 0 bridgehead atoms. The van der Waals surface area contributed by atoms with E-state index in [0.29, 0.717) is 11.5 Å². The van der Waals surface area contributed by atoms with E-state index in [1.54, 1.807) is 5.51 Å². The van der Waals surface area contributed by atoms with Gasteiger partial charge in [-0.3, -0.25) is 0 Å². The van der Waals surface area contributed by atoms with Crippen LogP contribution in [0.1, 0.15) is 0 Å². The number of rotatable bonds is 1. The topological polar surface area (TPSA) is 95.6 Å². The van der Waals surface area contributed by atoms with Crippen molar-refractivity contribution >= 4 is 17.3 Å². The van der Waals surface area contributed by atoms with E-state index in [1.165, 1.54) is 16.0 Å². The second kappa shape index (κ2) is 2.45. The molecule has 0 amide bonds. The average molecular weight is 182 g/mol. The van der Waals surface area contributed by atoms with Crippen LogP contribution < -0.4 is 11.6 Å². The van der Waals surface area contributed by atoms with Gasteiger partial charge >= 0.3 is 0 Å². The standard InChI is InChI=1S/C5H6N6S/c6-5-10-9-4(11(5)7)3-1-12-2-8-3/h1-2H,7H2,(H2,6,10). The molecule has 0 spiro atoms. The lowest BCUT2D eigenvalue weighted by molar-refractivity contribution is 1.01. The van der Waals surface area contributed by atoms with Gasteiger partial charge in [-0.05, 0) is 0 Å². The zero-order valence-electron chi connectivity index (χ0n) is 6.01. The predicted octanol–water partition coefficient (Wildman–Crippen LogP) is -0.302. The van der Waals surface area contributed by atoms with Crippen LogP contribution in [-0.2, 0) is 0 Å². The summed E-state index contributed by atoms with van der Waals surface area (Å²) in [5.74, 6) is 6.18. The number of nitrogen functional groups attached to an aromatic ring is 2. The summed E-state index contributed by atoms with van der Waals surface area (Å²) in [4.78, 5) is 4.02. The molecular formula is C5H6N6S. The Bertz CT molecular complexity index is 377. The first-order chi connectivity index (χ1) is 5.79. The smallest absolute Gasteiger partial charge is 0.241 e. The van der Waals surface area contributed by atoms with Gasteiger partial charge in [-0.25, -0.2) is 9.66 Å². The fourth-order valence-electron chi connectivity index (χ4n) is 0.801. The van der Waals surface area contributed by atoms with Gasteiger partial charge in [0.2, 0.25) is 11.8 Å². The normalized spacial score (nSPS) is 10.3. The highest BCUT2D eigenvalue weighted by molar-refractivity contribution is 7.07. The third-order valence-electron chi connectivity index (χ3n) is 1.38. The van der Waals surface area contributed by atoms with Crippen molar-refractivity contribution in [3.8, 4) is 11.5 Å². The maximum absolute atomic E-state index is 5.53. The summed E-state index contributed by atoms with van der Waals surface area (Å²) in [6.07, 6.45) is 0. The Hall–Kier alpha value is -1.63. The minimum atomic E-state index is 0.179. The summed E-state index contributed by atoms with van der Waals surface area (Å²) in [7, 11) is 0. The molecule has 62 valence electrons. The summed E-state index contributed by atoms with van der Waals surface area (Å²) >= 11 is 1.46. The second-order valence-corrected chi connectivity index (χ2v) is 2.84. The fraction of sp³-hybridized carbons (Fsp3) is 0. The molecule has 0 fully saturated rings. The predicted molar refractivity (Wildman–Crippen MR) is 45.7 cm³/mol. The Morgan fingerprint density at radius 3 is 2.75 bits per heavy atom. The van der Waals surface area contributed by atoms with E-state index in [0.717, 1.165) is 0 Å². The molecule has 6 nitrogen and oxygen atoms in total. The largest absolute Gasteiger partial charge is 0.366 e. The van der Waals surface area contributed by atoms with E-state index in [9.17, 15) is 0 Å². The highest BCUT2D eigenvalue weighted by Gasteiger charge is 2.09. The highest BCUT2D eigenvalue weighted by atomic mass is 32.1. The van der Waals surface area contributed by atoms with Crippen LogP contribution in [0.25, 0.3) is 11.5 Å². The van der Waals surface area contributed by atoms with Gasteiger partial charge in [0.05, 0.1) is 5.51 Å². The Morgan fingerprint density at radius 1 is 1.42 bits per heavy atom. The molecule has 2 heterocycles. The molecule has 4 N–H and O–H groups in total. The second-order valence-electron chi connectivity index (χ2n) is 2.13. The van der Waals surface area contributed by atoms with Gasteiger partial charge in [0.1, 0.15) is 5.69 Å². The van der Waals surface area contributed by atoms with E-state index in [2.05, 4.69) is 15.2 Å². The van der Waals surface area contributed by atoms with Gasteiger partial charge in [0, 0.05) is 5.38 Å². The van der Waals surface area contributed by atoms with Gasteiger partial charge in [-0.15, -0.1) is 21.5 Å². The third-order valence-corrected chi connectivity index (χ3v) is 1.97. The van der Waals surface area contributed by atoms with Gasteiger partial charge in [-0.2, -0.15) is 0 Å². The summed E-state index contributed by atoms with van der Waals surface area (Å²) < 4.78 is 1.20. The molecule has 0 saturated carbocycles. The Kier molecular flexibility index (Phi) is 1.44. The van der Waals surface area contributed by atoms with Gasteiger partial charge in [0.15, 0.2) is 0 Å². The number of nitrogens with zero attached hydrogens (tertiary/aromatic N) is 4. The molecule has 0 unspecified atom stereocenters. The zero-order chi connectivity index (χ0) is 8.55. The molecule has 7 heteroatoms.